The Labute approximate surface area is 156 Å². The van der Waals surface area contributed by atoms with E-state index in [1.165, 1.54) is 0 Å². The fourth-order valence-electron chi connectivity index (χ4n) is 2.29. The van der Waals surface area contributed by atoms with Gasteiger partial charge in [-0.05, 0) is 24.3 Å². The maximum absolute atomic E-state index is 13.4. The zero-order valence-electron chi connectivity index (χ0n) is 14.7. The number of ether oxygens (including phenoxy) is 1. The third-order valence-corrected chi connectivity index (χ3v) is 4.76. The van der Waals surface area contributed by atoms with Gasteiger partial charge in [0.25, 0.3) is 0 Å². The predicted molar refractivity (Wildman–Crippen MR) is 98.1 cm³/mol. The fraction of sp³-hybridized carbons (Fsp3) is 0.278. The van der Waals surface area contributed by atoms with Gasteiger partial charge >= 0.3 is 0 Å². The van der Waals surface area contributed by atoms with E-state index in [1.807, 2.05) is 18.2 Å². The van der Waals surface area contributed by atoms with Crippen LogP contribution in [0.5, 0.6) is 5.75 Å². The number of nitrogens with one attached hydrogen (secondary N) is 1. The molecule has 0 saturated carbocycles. The van der Waals surface area contributed by atoms with Crippen molar-refractivity contribution < 1.29 is 26.7 Å². The molecule has 2 rings (SSSR count). The lowest BCUT2D eigenvalue weighted by atomic mass is 10.3. The van der Waals surface area contributed by atoms with E-state index < -0.39 is 21.7 Å². The number of sulfonamides is 1. The van der Waals surface area contributed by atoms with E-state index in [2.05, 4.69) is 5.32 Å². The van der Waals surface area contributed by atoms with Crippen LogP contribution in [0.2, 0.25) is 0 Å². The summed E-state index contributed by atoms with van der Waals surface area (Å²) < 4.78 is 56.5. The van der Waals surface area contributed by atoms with Gasteiger partial charge < -0.3 is 10.1 Å². The molecule has 0 bridgehead atoms. The van der Waals surface area contributed by atoms with Gasteiger partial charge in [-0.3, -0.25) is 9.10 Å². The Morgan fingerprint density at radius 2 is 1.81 bits per heavy atom. The molecule has 1 amide bonds. The van der Waals surface area contributed by atoms with Crippen LogP contribution in [0.3, 0.4) is 0 Å². The van der Waals surface area contributed by atoms with Crippen LogP contribution >= 0.6 is 0 Å². The molecule has 2 aromatic carbocycles. The monoisotopic (exact) mass is 398 g/mol. The average Bonchev–Trinajstić information content (AvgIpc) is 2.61. The van der Waals surface area contributed by atoms with Crippen molar-refractivity contribution in [1.82, 2.24) is 5.32 Å². The zero-order valence-corrected chi connectivity index (χ0v) is 15.5. The fourth-order valence-corrected chi connectivity index (χ4v) is 3.21. The summed E-state index contributed by atoms with van der Waals surface area (Å²) in [5.41, 5.74) is -0.0157. The summed E-state index contributed by atoms with van der Waals surface area (Å²) in [6.45, 7) is 0.0697. The Hall–Kier alpha value is -2.68. The van der Waals surface area contributed by atoms with Gasteiger partial charge in [-0.25, -0.2) is 17.2 Å². The molecule has 0 unspecified atom stereocenters. The molecule has 2 aromatic rings. The summed E-state index contributed by atoms with van der Waals surface area (Å²) >= 11 is 0. The van der Waals surface area contributed by atoms with Gasteiger partial charge in [0, 0.05) is 12.6 Å². The first-order valence-corrected chi connectivity index (χ1v) is 9.99. The van der Waals surface area contributed by atoms with Crippen LogP contribution in [0.25, 0.3) is 0 Å². The molecule has 0 radical (unpaired) electrons. The lowest BCUT2D eigenvalue weighted by Gasteiger charge is -2.22. The highest BCUT2D eigenvalue weighted by Gasteiger charge is 2.19. The molecule has 6 nitrogen and oxygen atoms in total. The Bertz CT molecular complexity index is 876. The van der Waals surface area contributed by atoms with Gasteiger partial charge in [-0.15, -0.1) is 0 Å². The molecule has 0 aromatic heterocycles. The first-order chi connectivity index (χ1) is 12.8. The molecular formula is C18H20F2N2O4S. The zero-order chi connectivity index (χ0) is 19.9. The standard InChI is InChI=1S/C18H20F2N2O4S/c1-27(24,25)22(14-7-8-16(19)17(20)13-14)11-10-21-18(23)9-12-26-15-5-3-2-4-6-15/h2-8,13H,9-12H2,1H3,(H,21,23). The van der Waals surface area contributed by atoms with E-state index in [9.17, 15) is 22.0 Å². The molecule has 0 aliphatic carbocycles. The second kappa shape index (κ2) is 9.31. The third-order valence-electron chi connectivity index (χ3n) is 3.57. The largest absolute Gasteiger partial charge is 0.493 e. The summed E-state index contributed by atoms with van der Waals surface area (Å²) in [5.74, 6) is -1.89. The molecule has 27 heavy (non-hydrogen) atoms. The van der Waals surface area contributed by atoms with Crippen LogP contribution in [0, 0.1) is 11.6 Å². The van der Waals surface area contributed by atoms with E-state index in [0.717, 1.165) is 28.8 Å². The number of hydrogen-bond donors (Lipinski definition) is 1. The third kappa shape index (κ3) is 6.52. The maximum atomic E-state index is 13.4. The van der Waals surface area contributed by atoms with Gasteiger partial charge in [0.2, 0.25) is 15.9 Å². The summed E-state index contributed by atoms with van der Waals surface area (Å²) in [7, 11) is -3.73. The van der Waals surface area contributed by atoms with Crippen molar-refractivity contribution in [3.05, 3.63) is 60.2 Å². The van der Waals surface area contributed by atoms with E-state index in [4.69, 9.17) is 4.74 Å². The lowest BCUT2D eigenvalue weighted by Crippen LogP contribution is -2.38. The number of hydrogen-bond acceptors (Lipinski definition) is 4. The molecule has 0 fully saturated rings. The molecule has 0 heterocycles. The van der Waals surface area contributed by atoms with Gasteiger partial charge in [0.1, 0.15) is 5.75 Å². The number of amides is 1. The summed E-state index contributed by atoms with van der Waals surface area (Å²) in [4.78, 5) is 11.8. The van der Waals surface area contributed by atoms with Crippen molar-refractivity contribution in [3.63, 3.8) is 0 Å². The highest BCUT2D eigenvalue weighted by molar-refractivity contribution is 7.92. The van der Waals surface area contributed by atoms with E-state index in [-0.39, 0.29) is 37.7 Å². The number of para-hydroxylation sites is 1. The molecule has 0 saturated heterocycles. The molecule has 0 aliphatic rings. The smallest absolute Gasteiger partial charge is 0.232 e. The van der Waals surface area contributed by atoms with E-state index in [0.29, 0.717) is 5.75 Å². The quantitative estimate of drug-likeness (QED) is 0.703. The van der Waals surface area contributed by atoms with Crippen LogP contribution in [-0.2, 0) is 14.8 Å². The molecule has 0 aliphatic heterocycles. The van der Waals surface area contributed by atoms with Crippen LogP contribution in [0.1, 0.15) is 6.42 Å². The van der Waals surface area contributed by atoms with Crippen LogP contribution < -0.4 is 14.4 Å². The van der Waals surface area contributed by atoms with Gasteiger partial charge in [-0.1, -0.05) is 18.2 Å². The van der Waals surface area contributed by atoms with E-state index >= 15 is 0 Å². The highest BCUT2D eigenvalue weighted by atomic mass is 32.2. The van der Waals surface area contributed by atoms with Crippen molar-refractivity contribution >= 4 is 21.6 Å². The second-order valence-corrected chi connectivity index (χ2v) is 7.60. The number of anilines is 1. The molecule has 0 spiro atoms. The maximum Gasteiger partial charge on any atom is 0.232 e. The number of carbonyl (C=O) groups excluding carboxylic acids is 1. The summed E-state index contributed by atoms with van der Waals surface area (Å²) in [5, 5.41) is 2.57. The minimum absolute atomic E-state index is 0.0102. The van der Waals surface area contributed by atoms with E-state index in [1.54, 1.807) is 12.1 Å². The van der Waals surface area contributed by atoms with Crippen molar-refractivity contribution in [2.45, 2.75) is 6.42 Å². The summed E-state index contributed by atoms with van der Waals surface area (Å²) in [6.07, 6.45) is 1.04. The normalized spacial score (nSPS) is 11.1. The van der Waals surface area contributed by atoms with Crippen LogP contribution in [0.15, 0.2) is 48.5 Å². The van der Waals surface area contributed by atoms with Crippen molar-refractivity contribution in [2.24, 2.45) is 0 Å². The number of nitrogens with zero attached hydrogens (tertiary/aromatic N) is 1. The Balaban J connectivity index is 1.84. The first kappa shape index (κ1) is 20.6. The molecule has 146 valence electrons. The van der Waals surface area contributed by atoms with Crippen molar-refractivity contribution in [1.29, 1.82) is 0 Å². The van der Waals surface area contributed by atoms with Crippen LogP contribution in [0.4, 0.5) is 14.5 Å². The molecular weight excluding hydrogens is 378 g/mol. The van der Waals surface area contributed by atoms with Crippen molar-refractivity contribution in [2.75, 3.05) is 30.3 Å². The molecule has 0 atom stereocenters. The highest BCUT2D eigenvalue weighted by Crippen LogP contribution is 2.20. The topological polar surface area (TPSA) is 75.7 Å². The lowest BCUT2D eigenvalue weighted by molar-refractivity contribution is -0.121. The number of halogens is 2. The molecule has 1 N–H and O–H groups in total. The minimum atomic E-state index is -3.73. The second-order valence-electron chi connectivity index (χ2n) is 5.70. The van der Waals surface area contributed by atoms with Gasteiger partial charge in [0.15, 0.2) is 11.6 Å². The molecule has 9 heteroatoms. The SMILES string of the molecule is CS(=O)(=O)N(CCNC(=O)CCOc1ccccc1)c1ccc(F)c(F)c1. The number of rotatable bonds is 9. The van der Waals surface area contributed by atoms with Gasteiger partial charge in [-0.2, -0.15) is 0 Å². The first-order valence-electron chi connectivity index (χ1n) is 8.14. The summed E-state index contributed by atoms with van der Waals surface area (Å²) in [6, 6.07) is 11.8. The Morgan fingerprint density at radius 3 is 2.44 bits per heavy atom. The number of benzene rings is 2. The Kier molecular flexibility index (Phi) is 7.12. The van der Waals surface area contributed by atoms with Crippen LogP contribution in [-0.4, -0.2) is 40.3 Å². The minimum Gasteiger partial charge on any atom is -0.493 e. The van der Waals surface area contributed by atoms with Crippen molar-refractivity contribution in [3.8, 4) is 5.75 Å². The van der Waals surface area contributed by atoms with Gasteiger partial charge in [0.05, 0.1) is 31.5 Å². The average molecular weight is 398 g/mol. The number of carbonyl (C=O) groups is 1. The Morgan fingerprint density at radius 1 is 1.11 bits per heavy atom. The predicted octanol–water partition coefficient (Wildman–Crippen LogP) is 2.32.